The van der Waals surface area contributed by atoms with E-state index in [1.807, 2.05) is 25.1 Å². The van der Waals surface area contributed by atoms with Crippen LogP contribution < -0.4 is 15.0 Å². The number of para-hydroxylation sites is 1. The Balaban J connectivity index is 2.07. The van der Waals surface area contributed by atoms with Crippen LogP contribution in [0.3, 0.4) is 0 Å². The Kier molecular flexibility index (Phi) is 5.27. The van der Waals surface area contributed by atoms with Gasteiger partial charge < -0.3 is 14.6 Å². The molecule has 0 spiro atoms. The Bertz CT molecular complexity index is 1100. The first-order valence-electron chi connectivity index (χ1n) is 8.20. The molecule has 8 heteroatoms. The van der Waals surface area contributed by atoms with Gasteiger partial charge in [0.2, 0.25) is 0 Å². The molecule has 0 radical (unpaired) electrons. The smallest absolute Gasteiger partial charge is 0.347 e. The Morgan fingerprint density at radius 3 is 2.81 bits per heavy atom. The van der Waals surface area contributed by atoms with E-state index in [-0.39, 0.29) is 10.4 Å². The van der Waals surface area contributed by atoms with Gasteiger partial charge in [0.25, 0.3) is 5.56 Å². The van der Waals surface area contributed by atoms with Gasteiger partial charge in [-0.25, -0.2) is 9.78 Å². The lowest BCUT2D eigenvalue weighted by Crippen LogP contribution is -2.17. The lowest BCUT2D eigenvalue weighted by molar-refractivity contribution is 0.0701. The normalized spacial score (nSPS) is 11.2. The van der Waals surface area contributed by atoms with E-state index in [1.54, 1.807) is 26.2 Å². The maximum atomic E-state index is 12.5. The van der Waals surface area contributed by atoms with Gasteiger partial charge in [0.05, 0.1) is 19.4 Å². The first-order valence-corrected chi connectivity index (χ1v) is 9.01. The molecule has 27 heavy (non-hydrogen) atoms. The molecule has 0 fully saturated rings. The Morgan fingerprint density at radius 2 is 2.15 bits per heavy atom. The zero-order valence-corrected chi connectivity index (χ0v) is 15.9. The maximum Gasteiger partial charge on any atom is 0.347 e. The summed E-state index contributed by atoms with van der Waals surface area (Å²) in [6.45, 7) is 4.07. The highest BCUT2D eigenvalue weighted by Crippen LogP contribution is 2.32. The molecule has 7 nitrogen and oxygen atoms in total. The summed E-state index contributed by atoms with van der Waals surface area (Å²) in [5, 5.41) is 9.12. The first-order chi connectivity index (χ1) is 13.0. The number of thiazole rings is 1. The zero-order chi connectivity index (χ0) is 19.6. The van der Waals surface area contributed by atoms with Crippen LogP contribution in [-0.2, 0) is 0 Å². The Morgan fingerprint density at radius 1 is 1.37 bits per heavy atom. The van der Waals surface area contributed by atoms with Gasteiger partial charge in [-0.05, 0) is 32.1 Å². The number of nitrogens with zero attached hydrogens (tertiary/aromatic N) is 2. The van der Waals surface area contributed by atoms with Crippen molar-refractivity contribution in [1.29, 1.82) is 0 Å². The van der Waals surface area contributed by atoms with Crippen LogP contribution in [0.25, 0.3) is 17.1 Å². The molecule has 0 unspecified atom stereocenters. The molecular formula is C19H18N2O5S. The fraction of sp³-hybridized carbons (Fsp3) is 0.211. The molecule has 0 saturated carbocycles. The van der Waals surface area contributed by atoms with Gasteiger partial charge >= 0.3 is 5.97 Å². The molecule has 0 aliphatic rings. The number of ether oxygens (including phenoxy) is 2. The molecule has 2 aromatic heterocycles. The van der Waals surface area contributed by atoms with Crippen LogP contribution in [0.4, 0.5) is 0 Å². The molecule has 0 atom stereocenters. The lowest BCUT2D eigenvalue weighted by atomic mass is 10.1. The van der Waals surface area contributed by atoms with E-state index >= 15 is 0 Å². The number of carboxylic acid groups (broad SMARTS) is 1. The zero-order valence-electron chi connectivity index (χ0n) is 15.1. The number of fused-ring (bicyclic) bond motifs is 1. The summed E-state index contributed by atoms with van der Waals surface area (Å²) in [6, 6.07) is 5.54. The number of methoxy groups -OCH3 is 1. The minimum Gasteiger partial charge on any atom is -0.492 e. The van der Waals surface area contributed by atoms with Crippen LogP contribution >= 0.6 is 11.3 Å². The molecular weight excluding hydrogens is 368 g/mol. The van der Waals surface area contributed by atoms with Crippen LogP contribution in [0.2, 0.25) is 0 Å². The van der Waals surface area contributed by atoms with Crippen LogP contribution in [0, 0.1) is 6.92 Å². The van der Waals surface area contributed by atoms with Gasteiger partial charge in [0, 0.05) is 17.3 Å². The molecule has 3 rings (SSSR count). The van der Waals surface area contributed by atoms with Crippen molar-refractivity contribution < 1.29 is 19.4 Å². The second-order valence-electron chi connectivity index (χ2n) is 5.63. The highest BCUT2D eigenvalue weighted by molar-refractivity contribution is 7.18. The molecule has 3 aromatic rings. The van der Waals surface area contributed by atoms with Crippen LogP contribution in [0.1, 0.15) is 33.4 Å². The summed E-state index contributed by atoms with van der Waals surface area (Å²) >= 11 is 0.955. The molecule has 1 N–H and O–H groups in total. The van der Waals surface area contributed by atoms with E-state index in [0.29, 0.717) is 34.3 Å². The summed E-state index contributed by atoms with van der Waals surface area (Å²) in [5.74, 6) is 0.138. The number of hydrogen-bond acceptors (Lipinski definition) is 6. The standard InChI is InChI=1S/C19H18N2O5S/c1-4-26-14-7-5-6-12(16(14)25-3)8-9-13-11(2)17(22)21-10-15(18(23)24)27-19(21)20-13/h5-10H,4H2,1-3H3,(H,23,24). The van der Waals surface area contributed by atoms with Crippen molar-refractivity contribution in [3.8, 4) is 11.5 Å². The molecule has 0 aliphatic heterocycles. The SMILES string of the molecule is CCOc1cccc(C=Cc2nc3sc(C(=O)O)cn3c(=O)c2C)c1OC. The number of rotatable bonds is 6. The monoisotopic (exact) mass is 386 g/mol. The maximum absolute atomic E-state index is 12.5. The molecule has 2 heterocycles. The van der Waals surface area contributed by atoms with Gasteiger partial charge in [-0.1, -0.05) is 23.5 Å². The van der Waals surface area contributed by atoms with Gasteiger partial charge in [0.15, 0.2) is 16.5 Å². The quantitative estimate of drug-likeness (QED) is 0.699. The summed E-state index contributed by atoms with van der Waals surface area (Å²) in [6.07, 6.45) is 4.80. The van der Waals surface area contributed by atoms with Crippen molar-refractivity contribution in [2.45, 2.75) is 13.8 Å². The number of aromatic nitrogens is 2. The second kappa shape index (κ2) is 7.63. The molecule has 0 amide bonds. The van der Waals surface area contributed by atoms with Crippen molar-refractivity contribution in [3.63, 3.8) is 0 Å². The predicted molar refractivity (Wildman–Crippen MR) is 104 cm³/mol. The van der Waals surface area contributed by atoms with Gasteiger partial charge in [-0.2, -0.15) is 0 Å². The largest absolute Gasteiger partial charge is 0.492 e. The highest BCUT2D eigenvalue weighted by atomic mass is 32.1. The number of hydrogen-bond donors (Lipinski definition) is 1. The lowest BCUT2D eigenvalue weighted by Gasteiger charge is -2.11. The number of carbonyl (C=O) groups is 1. The van der Waals surface area contributed by atoms with E-state index in [4.69, 9.17) is 14.6 Å². The van der Waals surface area contributed by atoms with Gasteiger partial charge in [-0.15, -0.1) is 0 Å². The third-order valence-electron chi connectivity index (χ3n) is 3.94. The average molecular weight is 386 g/mol. The molecule has 0 saturated heterocycles. The van der Waals surface area contributed by atoms with E-state index in [0.717, 1.165) is 16.9 Å². The van der Waals surface area contributed by atoms with Crippen molar-refractivity contribution in [2.24, 2.45) is 0 Å². The van der Waals surface area contributed by atoms with Gasteiger partial charge in [-0.3, -0.25) is 9.20 Å². The fourth-order valence-corrected chi connectivity index (χ4v) is 3.45. The topological polar surface area (TPSA) is 90.1 Å². The second-order valence-corrected chi connectivity index (χ2v) is 6.63. The molecule has 140 valence electrons. The van der Waals surface area contributed by atoms with Crippen molar-refractivity contribution in [2.75, 3.05) is 13.7 Å². The third kappa shape index (κ3) is 3.56. The Labute approximate surface area is 159 Å². The minimum absolute atomic E-state index is 0.0613. The third-order valence-corrected chi connectivity index (χ3v) is 4.91. The number of carboxylic acids is 1. The van der Waals surface area contributed by atoms with Crippen molar-refractivity contribution in [3.05, 3.63) is 56.4 Å². The Hall–Kier alpha value is -3.13. The van der Waals surface area contributed by atoms with E-state index < -0.39 is 5.97 Å². The minimum atomic E-state index is -1.09. The van der Waals surface area contributed by atoms with Crippen LogP contribution in [0.15, 0.2) is 29.2 Å². The molecule has 0 aliphatic carbocycles. The van der Waals surface area contributed by atoms with Gasteiger partial charge in [0.1, 0.15) is 4.88 Å². The van der Waals surface area contributed by atoms with Crippen LogP contribution in [0.5, 0.6) is 11.5 Å². The van der Waals surface area contributed by atoms with E-state index in [2.05, 4.69) is 4.98 Å². The number of benzene rings is 1. The van der Waals surface area contributed by atoms with E-state index in [9.17, 15) is 9.59 Å². The highest BCUT2D eigenvalue weighted by Gasteiger charge is 2.14. The predicted octanol–water partition coefficient (Wildman–Crippen LogP) is 3.34. The van der Waals surface area contributed by atoms with Crippen LogP contribution in [-0.4, -0.2) is 34.2 Å². The summed E-state index contributed by atoms with van der Waals surface area (Å²) < 4.78 is 12.3. The fourth-order valence-electron chi connectivity index (χ4n) is 2.63. The molecule has 0 bridgehead atoms. The van der Waals surface area contributed by atoms with E-state index in [1.165, 1.54) is 10.6 Å². The van der Waals surface area contributed by atoms with Crippen molar-refractivity contribution >= 4 is 34.4 Å². The molecule has 1 aromatic carbocycles. The first kappa shape index (κ1) is 18.7. The summed E-state index contributed by atoms with van der Waals surface area (Å²) in [4.78, 5) is 28.5. The number of aromatic carboxylic acids is 1. The summed E-state index contributed by atoms with van der Waals surface area (Å²) in [7, 11) is 1.57. The summed E-state index contributed by atoms with van der Waals surface area (Å²) in [5.41, 5.74) is 1.39. The van der Waals surface area contributed by atoms with Crippen molar-refractivity contribution in [1.82, 2.24) is 9.38 Å². The average Bonchev–Trinajstić information content (AvgIpc) is 3.08.